The molecule has 1 saturated heterocycles. The normalized spacial score (nSPS) is 28.4. The molecule has 1 aliphatic heterocycles. The molecular formula is C13H26N2. The van der Waals surface area contributed by atoms with Crippen LogP contribution in [0.25, 0.3) is 0 Å². The van der Waals surface area contributed by atoms with E-state index >= 15 is 0 Å². The van der Waals surface area contributed by atoms with Crippen LogP contribution in [0.15, 0.2) is 0 Å². The number of hydrogen-bond donors (Lipinski definition) is 1. The second-order valence-corrected chi connectivity index (χ2v) is 5.81. The SMILES string of the molecule is CC(N)CCN1CCC2(CCCC2)CC1. The Hall–Kier alpha value is -0.0800. The Balaban J connectivity index is 1.72. The molecule has 2 fully saturated rings. The highest BCUT2D eigenvalue weighted by molar-refractivity contribution is 4.89. The molecule has 2 rings (SSSR count). The molecule has 1 heterocycles. The van der Waals surface area contributed by atoms with Crippen LogP contribution in [0.1, 0.15) is 51.9 Å². The molecule has 0 radical (unpaired) electrons. The molecule has 0 aromatic rings. The van der Waals surface area contributed by atoms with Gasteiger partial charge in [-0.2, -0.15) is 0 Å². The fourth-order valence-corrected chi connectivity index (χ4v) is 3.26. The van der Waals surface area contributed by atoms with Gasteiger partial charge in [-0.05, 0) is 64.1 Å². The number of rotatable bonds is 3. The summed E-state index contributed by atoms with van der Waals surface area (Å²) in [6, 6.07) is 0.368. The van der Waals surface area contributed by atoms with Gasteiger partial charge in [-0.15, -0.1) is 0 Å². The van der Waals surface area contributed by atoms with Crippen molar-refractivity contribution in [3.63, 3.8) is 0 Å². The highest BCUT2D eigenvalue weighted by Gasteiger charge is 2.36. The van der Waals surface area contributed by atoms with E-state index in [1.807, 2.05) is 0 Å². The maximum absolute atomic E-state index is 5.80. The second-order valence-electron chi connectivity index (χ2n) is 5.81. The molecule has 2 N–H and O–H groups in total. The third kappa shape index (κ3) is 2.94. The zero-order valence-corrected chi connectivity index (χ0v) is 10.2. The van der Waals surface area contributed by atoms with Gasteiger partial charge in [-0.3, -0.25) is 0 Å². The maximum atomic E-state index is 5.80. The largest absolute Gasteiger partial charge is 0.328 e. The van der Waals surface area contributed by atoms with E-state index < -0.39 is 0 Å². The maximum Gasteiger partial charge on any atom is 0.00226 e. The Morgan fingerprint density at radius 3 is 2.27 bits per heavy atom. The lowest BCUT2D eigenvalue weighted by atomic mass is 9.77. The second kappa shape index (κ2) is 4.84. The van der Waals surface area contributed by atoms with Gasteiger partial charge in [0, 0.05) is 6.04 Å². The Kier molecular flexibility index (Phi) is 3.68. The van der Waals surface area contributed by atoms with Crippen molar-refractivity contribution in [1.29, 1.82) is 0 Å². The molecule has 1 saturated carbocycles. The number of hydrogen-bond acceptors (Lipinski definition) is 2. The van der Waals surface area contributed by atoms with Gasteiger partial charge < -0.3 is 10.6 Å². The fraction of sp³-hybridized carbons (Fsp3) is 1.00. The van der Waals surface area contributed by atoms with Gasteiger partial charge in [0.05, 0.1) is 0 Å². The average Bonchev–Trinajstić information content (AvgIpc) is 2.66. The van der Waals surface area contributed by atoms with Crippen molar-refractivity contribution in [3.8, 4) is 0 Å². The van der Waals surface area contributed by atoms with E-state index in [1.54, 1.807) is 0 Å². The van der Waals surface area contributed by atoms with Gasteiger partial charge in [0.1, 0.15) is 0 Å². The highest BCUT2D eigenvalue weighted by atomic mass is 15.1. The highest BCUT2D eigenvalue weighted by Crippen LogP contribution is 2.45. The summed E-state index contributed by atoms with van der Waals surface area (Å²) in [4.78, 5) is 2.62. The Labute approximate surface area is 94.2 Å². The zero-order chi connectivity index (χ0) is 10.7. The van der Waals surface area contributed by atoms with Crippen LogP contribution in [-0.2, 0) is 0 Å². The summed E-state index contributed by atoms with van der Waals surface area (Å²) in [5.41, 5.74) is 6.57. The van der Waals surface area contributed by atoms with Gasteiger partial charge in [0.2, 0.25) is 0 Å². The number of nitrogens with two attached hydrogens (primary N) is 1. The average molecular weight is 210 g/mol. The Morgan fingerprint density at radius 1 is 1.13 bits per heavy atom. The van der Waals surface area contributed by atoms with E-state index in [0.717, 1.165) is 11.8 Å². The summed E-state index contributed by atoms with van der Waals surface area (Å²) in [5, 5.41) is 0. The van der Waals surface area contributed by atoms with Crippen molar-refractivity contribution in [2.75, 3.05) is 19.6 Å². The van der Waals surface area contributed by atoms with E-state index in [4.69, 9.17) is 5.73 Å². The monoisotopic (exact) mass is 210 g/mol. The lowest BCUT2D eigenvalue weighted by Gasteiger charge is -2.39. The standard InChI is InChI=1S/C13H26N2/c1-12(14)4-9-15-10-7-13(8-11-15)5-2-3-6-13/h12H,2-11,14H2,1H3. The van der Waals surface area contributed by atoms with Crippen LogP contribution < -0.4 is 5.73 Å². The van der Waals surface area contributed by atoms with Crippen LogP contribution in [0, 0.1) is 5.41 Å². The third-order valence-corrected chi connectivity index (χ3v) is 4.48. The molecule has 15 heavy (non-hydrogen) atoms. The van der Waals surface area contributed by atoms with Crippen molar-refractivity contribution >= 4 is 0 Å². The molecule has 1 aliphatic carbocycles. The van der Waals surface area contributed by atoms with Crippen molar-refractivity contribution in [2.24, 2.45) is 11.1 Å². The molecule has 0 bridgehead atoms. The lowest BCUT2D eigenvalue weighted by Crippen LogP contribution is -2.40. The molecule has 1 atom stereocenters. The number of nitrogens with zero attached hydrogens (tertiary/aromatic N) is 1. The van der Waals surface area contributed by atoms with Gasteiger partial charge in [0.15, 0.2) is 0 Å². The first-order chi connectivity index (χ1) is 7.20. The minimum atomic E-state index is 0.368. The summed E-state index contributed by atoms with van der Waals surface area (Å²) < 4.78 is 0. The van der Waals surface area contributed by atoms with Crippen LogP contribution in [0.2, 0.25) is 0 Å². The molecule has 88 valence electrons. The molecule has 0 aromatic heterocycles. The summed E-state index contributed by atoms with van der Waals surface area (Å²) in [7, 11) is 0. The zero-order valence-electron chi connectivity index (χ0n) is 10.2. The summed E-state index contributed by atoms with van der Waals surface area (Å²) in [5.74, 6) is 0. The molecule has 0 amide bonds. The molecule has 2 nitrogen and oxygen atoms in total. The minimum absolute atomic E-state index is 0.368. The first-order valence-corrected chi connectivity index (χ1v) is 6.68. The molecule has 2 aliphatic rings. The van der Waals surface area contributed by atoms with Crippen LogP contribution in [-0.4, -0.2) is 30.6 Å². The predicted molar refractivity (Wildman–Crippen MR) is 64.8 cm³/mol. The molecule has 1 spiro atoms. The summed E-state index contributed by atoms with van der Waals surface area (Å²) in [6.45, 7) is 5.98. The first-order valence-electron chi connectivity index (χ1n) is 6.68. The van der Waals surface area contributed by atoms with E-state index in [9.17, 15) is 0 Å². The molecule has 1 unspecified atom stereocenters. The van der Waals surface area contributed by atoms with E-state index in [-0.39, 0.29) is 0 Å². The van der Waals surface area contributed by atoms with Crippen LogP contribution in [0.4, 0.5) is 0 Å². The van der Waals surface area contributed by atoms with Crippen molar-refractivity contribution < 1.29 is 0 Å². The number of piperidine rings is 1. The van der Waals surface area contributed by atoms with Crippen LogP contribution >= 0.6 is 0 Å². The van der Waals surface area contributed by atoms with Gasteiger partial charge in [-0.25, -0.2) is 0 Å². The first kappa shape index (κ1) is 11.4. The molecule has 0 aromatic carbocycles. The fourth-order valence-electron chi connectivity index (χ4n) is 3.26. The van der Waals surface area contributed by atoms with Gasteiger partial charge >= 0.3 is 0 Å². The quantitative estimate of drug-likeness (QED) is 0.775. The van der Waals surface area contributed by atoms with Crippen LogP contribution in [0.3, 0.4) is 0 Å². The van der Waals surface area contributed by atoms with E-state index in [2.05, 4.69) is 11.8 Å². The van der Waals surface area contributed by atoms with Crippen molar-refractivity contribution in [2.45, 2.75) is 57.9 Å². The van der Waals surface area contributed by atoms with Crippen LogP contribution in [0.5, 0.6) is 0 Å². The minimum Gasteiger partial charge on any atom is -0.328 e. The predicted octanol–water partition coefficient (Wildman–Crippen LogP) is 2.38. The van der Waals surface area contributed by atoms with Crippen molar-refractivity contribution in [3.05, 3.63) is 0 Å². The Bertz CT molecular complexity index is 185. The lowest BCUT2D eigenvalue weighted by molar-refractivity contribution is 0.106. The van der Waals surface area contributed by atoms with Gasteiger partial charge in [-0.1, -0.05) is 12.8 Å². The summed E-state index contributed by atoms with van der Waals surface area (Å²) in [6.07, 6.45) is 10.0. The molecular weight excluding hydrogens is 184 g/mol. The van der Waals surface area contributed by atoms with Crippen molar-refractivity contribution in [1.82, 2.24) is 4.90 Å². The topological polar surface area (TPSA) is 29.3 Å². The van der Waals surface area contributed by atoms with E-state index in [0.29, 0.717) is 6.04 Å². The summed E-state index contributed by atoms with van der Waals surface area (Å²) >= 11 is 0. The smallest absolute Gasteiger partial charge is 0.00226 e. The molecule has 2 heteroatoms. The number of likely N-dealkylation sites (tertiary alicyclic amines) is 1. The van der Waals surface area contributed by atoms with Gasteiger partial charge in [0.25, 0.3) is 0 Å². The third-order valence-electron chi connectivity index (χ3n) is 4.48. The van der Waals surface area contributed by atoms with E-state index in [1.165, 1.54) is 58.2 Å². The Morgan fingerprint density at radius 2 is 1.73 bits per heavy atom.